The molecule has 1 aliphatic carbocycles. The normalized spacial score (nSPS) is 14.0. The molecule has 2 aromatic heterocycles. The first kappa shape index (κ1) is 13.3. The Balaban J connectivity index is 1.55. The van der Waals surface area contributed by atoms with Crippen molar-refractivity contribution >= 4 is 34.5 Å². The van der Waals surface area contributed by atoms with Crippen molar-refractivity contribution in [2.24, 2.45) is 0 Å². The monoisotopic (exact) mass is 307 g/mol. The van der Waals surface area contributed by atoms with Crippen molar-refractivity contribution in [1.29, 1.82) is 0 Å². The van der Waals surface area contributed by atoms with Gasteiger partial charge in [-0.15, -0.1) is 22.7 Å². The van der Waals surface area contributed by atoms with E-state index in [1.807, 2.05) is 17.5 Å². The molecule has 1 aliphatic rings. The minimum absolute atomic E-state index is 0.00119. The summed E-state index contributed by atoms with van der Waals surface area (Å²) in [4.78, 5) is 28.7. The van der Waals surface area contributed by atoms with E-state index in [0.29, 0.717) is 11.7 Å². The maximum absolute atomic E-state index is 11.9. The van der Waals surface area contributed by atoms with Crippen molar-refractivity contribution in [3.05, 3.63) is 28.6 Å². The third kappa shape index (κ3) is 3.23. The number of hydrogen-bond donors (Lipinski definition) is 2. The van der Waals surface area contributed by atoms with Crippen LogP contribution in [0.15, 0.2) is 22.9 Å². The molecule has 104 valence electrons. The Morgan fingerprint density at radius 3 is 2.90 bits per heavy atom. The average molecular weight is 307 g/mol. The lowest BCUT2D eigenvalue weighted by Gasteiger charge is -2.04. The Bertz CT molecular complexity index is 617. The van der Waals surface area contributed by atoms with Crippen LogP contribution in [-0.2, 0) is 4.79 Å². The van der Waals surface area contributed by atoms with E-state index in [-0.39, 0.29) is 18.4 Å². The summed E-state index contributed by atoms with van der Waals surface area (Å²) in [6, 6.07) is 4.22. The smallest absolute Gasteiger partial charge is 0.271 e. The molecule has 5 nitrogen and oxygen atoms in total. The molecule has 0 aromatic carbocycles. The van der Waals surface area contributed by atoms with Crippen molar-refractivity contribution in [2.75, 3.05) is 6.54 Å². The predicted molar refractivity (Wildman–Crippen MR) is 78.9 cm³/mol. The number of rotatable bonds is 5. The molecule has 3 rings (SSSR count). The van der Waals surface area contributed by atoms with E-state index in [1.54, 1.807) is 16.7 Å². The molecule has 0 unspecified atom stereocenters. The molecule has 0 saturated heterocycles. The summed E-state index contributed by atoms with van der Waals surface area (Å²) in [5.74, 6) is -0.454. The van der Waals surface area contributed by atoms with Crippen molar-refractivity contribution in [3.8, 4) is 9.88 Å². The van der Waals surface area contributed by atoms with Crippen LogP contribution < -0.4 is 10.6 Å². The van der Waals surface area contributed by atoms with Gasteiger partial charge in [-0.05, 0) is 24.3 Å². The van der Waals surface area contributed by atoms with Crippen LogP contribution in [0.4, 0.5) is 0 Å². The first-order valence-corrected chi connectivity index (χ1v) is 8.05. The van der Waals surface area contributed by atoms with Gasteiger partial charge in [0.05, 0.1) is 11.4 Å². The zero-order chi connectivity index (χ0) is 13.9. The van der Waals surface area contributed by atoms with Crippen LogP contribution >= 0.6 is 22.7 Å². The summed E-state index contributed by atoms with van der Waals surface area (Å²) in [6.45, 7) is 0.00119. The van der Waals surface area contributed by atoms with Gasteiger partial charge in [0.2, 0.25) is 5.91 Å². The van der Waals surface area contributed by atoms with Crippen molar-refractivity contribution in [2.45, 2.75) is 18.9 Å². The van der Waals surface area contributed by atoms with Gasteiger partial charge in [0.1, 0.15) is 10.7 Å². The Hall–Kier alpha value is -1.73. The summed E-state index contributed by atoms with van der Waals surface area (Å²) in [5, 5.41) is 9.91. The van der Waals surface area contributed by atoms with Gasteiger partial charge in [-0.25, -0.2) is 4.98 Å². The third-order valence-corrected chi connectivity index (χ3v) is 4.70. The number of amides is 2. The molecule has 20 heavy (non-hydrogen) atoms. The molecule has 0 radical (unpaired) electrons. The van der Waals surface area contributed by atoms with Crippen LogP contribution in [0.3, 0.4) is 0 Å². The molecule has 2 amide bonds. The minimum Gasteiger partial charge on any atom is -0.352 e. The summed E-state index contributed by atoms with van der Waals surface area (Å²) < 4.78 is 0. The highest BCUT2D eigenvalue weighted by Crippen LogP contribution is 2.27. The van der Waals surface area contributed by atoms with Gasteiger partial charge in [-0.3, -0.25) is 9.59 Å². The van der Waals surface area contributed by atoms with Gasteiger partial charge in [0.15, 0.2) is 0 Å². The summed E-state index contributed by atoms with van der Waals surface area (Å²) >= 11 is 3.01. The van der Waals surface area contributed by atoms with Gasteiger partial charge < -0.3 is 10.6 Å². The number of carbonyl (C=O) groups excluding carboxylic acids is 2. The fourth-order valence-corrected chi connectivity index (χ4v) is 3.26. The molecular formula is C13H13N3O2S2. The zero-order valence-corrected chi connectivity index (χ0v) is 12.2. The van der Waals surface area contributed by atoms with Crippen LogP contribution in [0, 0.1) is 0 Å². The van der Waals surface area contributed by atoms with Gasteiger partial charge >= 0.3 is 0 Å². The van der Waals surface area contributed by atoms with Gasteiger partial charge in [0, 0.05) is 11.4 Å². The Morgan fingerprint density at radius 1 is 1.35 bits per heavy atom. The summed E-state index contributed by atoms with van der Waals surface area (Å²) in [5.41, 5.74) is 0.359. The fraction of sp³-hybridized carbons (Fsp3) is 0.308. The first-order valence-electron chi connectivity index (χ1n) is 6.29. The highest BCUT2D eigenvalue weighted by Gasteiger charge is 2.23. The third-order valence-electron chi connectivity index (χ3n) is 2.82. The van der Waals surface area contributed by atoms with Crippen LogP contribution in [0.5, 0.6) is 0 Å². The molecule has 0 atom stereocenters. The summed E-state index contributed by atoms with van der Waals surface area (Å²) in [7, 11) is 0. The number of nitrogens with zero attached hydrogens (tertiary/aromatic N) is 1. The van der Waals surface area contributed by atoms with E-state index >= 15 is 0 Å². The minimum atomic E-state index is -0.310. The van der Waals surface area contributed by atoms with Crippen molar-refractivity contribution in [1.82, 2.24) is 15.6 Å². The second-order valence-corrected chi connectivity index (χ2v) is 6.35. The number of thiophene rings is 1. The SMILES string of the molecule is O=C(CNC(=O)c1csc(-c2cccs2)n1)NC1CC1. The first-order chi connectivity index (χ1) is 9.72. The van der Waals surface area contributed by atoms with E-state index in [9.17, 15) is 9.59 Å². The zero-order valence-electron chi connectivity index (χ0n) is 10.6. The van der Waals surface area contributed by atoms with Crippen LogP contribution in [-0.4, -0.2) is 29.4 Å². The van der Waals surface area contributed by atoms with Crippen molar-refractivity contribution < 1.29 is 9.59 Å². The molecule has 2 aromatic rings. The van der Waals surface area contributed by atoms with Crippen molar-refractivity contribution in [3.63, 3.8) is 0 Å². The van der Waals surface area contributed by atoms with Gasteiger partial charge in [-0.2, -0.15) is 0 Å². The largest absolute Gasteiger partial charge is 0.352 e. The van der Waals surface area contributed by atoms with E-state index in [2.05, 4.69) is 15.6 Å². The van der Waals surface area contributed by atoms with Crippen LogP contribution in [0.2, 0.25) is 0 Å². The number of hydrogen-bond acceptors (Lipinski definition) is 5. The Kier molecular flexibility index (Phi) is 3.79. The molecule has 1 saturated carbocycles. The Morgan fingerprint density at radius 2 is 2.20 bits per heavy atom. The molecular weight excluding hydrogens is 294 g/mol. The number of thiazole rings is 1. The highest BCUT2D eigenvalue weighted by atomic mass is 32.1. The number of carbonyl (C=O) groups is 2. The van der Waals surface area contributed by atoms with E-state index in [4.69, 9.17) is 0 Å². The number of aromatic nitrogens is 1. The second-order valence-electron chi connectivity index (χ2n) is 4.54. The maximum atomic E-state index is 11.9. The fourth-order valence-electron chi connectivity index (χ4n) is 1.65. The highest BCUT2D eigenvalue weighted by molar-refractivity contribution is 7.20. The van der Waals surface area contributed by atoms with E-state index < -0.39 is 0 Å². The average Bonchev–Trinajstić information content (AvgIpc) is 2.97. The van der Waals surface area contributed by atoms with E-state index in [0.717, 1.165) is 22.7 Å². The predicted octanol–water partition coefficient (Wildman–Crippen LogP) is 1.88. The lowest BCUT2D eigenvalue weighted by Crippen LogP contribution is -2.37. The quantitative estimate of drug-likeness (QED) is 0.886. The van der Waals surface area contributed by atoms with Crippen LogP contribution in [0.25, 0.3) is 9.88 Å². The molecule has 0 spiro atoms. The lowest BCUT2D eigenvalue weighted by molar-refractivity contribution is -0.120. The topological polar surface area (TPSA) is 71.1 Å². The number of nitrogens with one attached hydrogen (secondary N) is 2. The molecule has 7 heteroatoms. The molecule has 2 heterocycles. The second kappa shape index (κ2) is 5.72. The van der Waals surface area contributed by atoms with E-state index in [1.165, 1.54) is 11.3 Å². The molecule has 0 bridgehead atoms. The maximum Gasteiger partial charge on any atom is 0.271 e. The molecule has 1 fully saturated rings. The van der Waals surface area contributed by atoms with Crippen LogP contribution in [0.1, 0.15) is 23.3 Å². The van der Waals surface area contributed by atoms with Gasteiger partial charge in [0.25, 0.3) is 5.91 Å². The standard InChI is InChI=1S/C13H13N3O2S2/c17-11(15-8-3-4-8)6-14-12(18)9-7-20-13(16-9)10-2-1-5-19-10/h1-2,5,7-8H,3-4,6H2,(H,14,18)(H,15,17). The van der Waals surface area contributed by atoms with Gasteiger partial charge in [-0.1, -0.05) is 6.07 Å². The molecule has 2 N–H and O–H groups in total. The molecule has 0 aliphatic heterocycles. The summed E-state index contributed by atoms with van der Waals surface area (Å²) in [6.07, 6.45) is 2.08. The lowest BCUT2D eigenvalue weighted by atomic mass is 10.4. The Labute approximate surface area is 124 Å².